The number of carboxylic acid groups (broad SMARTS) is 1. The van der Waals surface area contributed by atoms with Crippen LogP contribution in [-0.4, -0.2) is 28.2 Å². The zero-order chi connectivity index (χ0) is 16.3. The summed E-state index contributed by atoms with van der Waals surface area (Å²) >= 11 is 0. The van der Waals surface area contributed by atoms with E-state index in [-0.39, 0.29) is 5.69 Å². The fraction of sp³-hybridized carbons (Fsp3) is 0.733. The maximum atomic E-state index is 11.1. The molecule has 5 nitrogen and oxygen atoms in total. The number of hydrogen-bond acceptors (Lipinski definition) is 3. The third-order valence-electron chi connectivity index (χ3n) is 2.55. The largest absolute Gasteiger partial charge is 0.476 e. The number of carbonyl (C=O) groups is 1. The minimum absolute atomic E-state index is 0.0512. The van der Waals surface area contributed by atoms with E-state index in [0.717, 1.165) is 12.8 Å². The number of H-pyrrole nitrogens is 1. The highest BCUT2D eigenvalue weighted by Gasteiger charge is 2.29. The average molecular weight is 286 g/mol. The summed E-state index contributed by atoms with van der Waals surface area (Å²) in [5.41, 5.74) is -0.103. The molecule has 0 aliphatic carbocycles. The van der Waals surface area contributed by atoms with Crippen molar-refractivity contribution in [3.05, 3.63) is 17.2 Å². The maximum absolute atomic E-state index is 11.1. The van der Waals surface area contributed by atoms with Gasteiger partial charge in [-0.05, 0) is 20.3 Å². The van der Waals surface area contributed by atoms with E-state index in [1.165, 1.54) is 0 Å². The van der Waals surface area contributed by atoms with Crippen LogP contribution in [-0.2, 0) is 16.8 Å². The molecule has 1 aromatic rings. The molecular weight excluding hydrogens is 256 g/mol. The predicted octanol–water partition coefficient (Wildman–Crippen LogP) is 3.99. The first-order valence-corrected chi connectivity index (χ1v) is 7.30. The zero-order valence-corrected chi connectivity index (χ0v) is 14.1. The normalized spacial score (nSPS) is 10.0. The maximum Gasteiger partial charge on any atom is 0.356 e. The number of carboxylic acids is 1. The fourth-order valence-corrected chi connectivity index (χ4v) is 1.47. The van der Waals surface area contributed by atoms with Crippen molar-refractivity contribution in [2.24, 2.45) is 0 Å². The Morgan fingerprint density at radius 1 is 1.30 bits per heavy atom. The molecule has 5 heteroatoms. The van der Waals surface area contributed by atoms with Gasteiger partial charge in [-0.25, -0.2) is 9.78 Å². The Hall–Kier alpha value is -1.36. The summed E-state index contributed by atoms with van der Waals surface area (Å²) in [6.07, 6.45) is 1.65. The summed E-state index contributed by atoms with van der Waals surface area (Å²) < 4.78 is 5.27. The quantitative estimate of drug-likeness (QED) is 0.858. The molecule has 2 N–H and O–H groups in total. The van der Waals surface area contributed by atoms with E-state index in [9.17, 15) is 4.79 Å². The molecule has 0 unspecified atom stereocenters. The Labute approximate surface area is 122 Å². The van der Waals surface area contributed by atoms with E-state index in [1.54, 1.807) is 7.11 Å². The monoisotopic (exact) mass is 286 g/mol. The van der Waals surface area contributed by atoms with Gasteiger partial charge in [-0.2, -0.15) is 0 Å². The summed E-state index contributed by atoms with van der Waals surface area (Å²) in [6.45, 7) is 13.6. The van der Waals surface area contributed by atoms with E-state index < -0.39 is 11.6 Å². The number of hydrogen-bond donors (Lipinski definition) is 2. The number of aryl methyl sites for hydroxylation is 1. The van der Waals surface area contributed by atoms with Gasteiger partial charge in [0.15, 0.2) is 5.69 Å². The van der Waals surface area contributed by atoms with Gasteiger partial charge < -0.3 is 14.8 Å². The molecule has 0 aliphatic rings. The molecule has 0 fully saturated rings. The van der Waals surface area contributed by atoms with Crippen LogP contribution in [0.2, 0.25) is 0 Å². The summed E-state index contributed by atoms with van der Waals surface area (Å²) in [4.78, 5) is 18.2. The Bertz CT molecular complexity index is 384. The van der Waals surface area contributed by atoms with Crippen molar-refractivity contribution in [3.8, 4) is 0 Å². The molecule has 1 rings (SSSR count). The second-order valence-electron chi connectivity index (χ2n) is 4.18. The molecule has 20 heavy (non-hydrogen) atoms. The van der Waals surface area contributed by atoms with Crippen LogP contribution in [0.15, 0.2) is 0 Å². The lowest BCUT2D eigenvalue weighted by Gasteiger charge is -2.21. The molecule has 0 atom stereocenters. The molecule has 0 radical (unpaired) electrons. The van der Waals surface area contributed by atoms with Gasteiger partial charge in [-0.15, -0.1) is 0 Å². The van der Waals surface area contributed by atoms with Crippen LogP contribution < -0.4 is 0 Å². The van der Waals surface area contributed by atoms with Gasteiger partial charge >= 0.3 is 5.97 Å². The first-order chi connectivity index (χ1) is 9.42. The van der Waals surface area contributed by atoms with Gasteiger partial charge in [0.1, 0.15) is 11.4 Å². The standard InChI is InChI=1S/C11H18N2O3.2C2H6/c1-5-6-7-12-8(10(14)15)9(13-7)11(2,3)16-4;2*1-2/h5-6H2,1-4H3,(H,12,13)(H,14,15);2*1-2H3. The summed E-state index contributed by atoms with van der Waals surface area (Å²) in [5.74, 6) is -0.334. The lowest BCUT2D eigenvalue weighted by molar-refractivity contribution is 0.0141. The molecule has 1 aromatic heterocycles. The van der Waals surface area contributed by atoms with E-state index in [1.807, 2.05) is 48.5 Å². The topological polar surface area (TPSA) is 75.2 Å². The molecule has 0 aromatic carbocycles. The Balaban J connectivity index is 0. The number of nitrogens with zero attached hydrogens (tertiary/aromatic N) is 1. The van der Waals surface area contributed by atoms with Crippen LogP contribution in [0.25, 0.3) is 0 Å². The van der Waals surface area contributed by atoms with E-state index in [0.29, 0.717) is 11.5 Å². The van der Waals surface area contributed by atoms with Crippen LogP contribution in [0.5, 0.6) is 0 Å². The molecule has 0 amide bonds. The molecule has 0 aliphatic heterocycles. The minimum atomic E-state index is -1.03. The van der Waals surface area contributed by atoms with Gasteiger partial charge in [0, 0.05) is 13.5 Å². The Kier molecular flexibility index (Phi) is 10.9. The van der Waals surface area contributed by atoms with Crippen LogP contribution in [0.4, 0.5) is 0 Å². The summed E-state index contributed by atoms with van der Waals surface area (Å²) in [5, 5.41) is 9.07. The number of aromatic nitrogens is 2. The highest BCUT2D eigenvalue weighted by atomic mass is 16.5. The molecule has 0 saturated carbocycles. The highest BCUT2D eigenvalue weighted by molar-refractivity contribution is 5.87. The summed E-state index contributed by atoms with van der Waals surface area (Å²) in [6, 6.07) is 0. The first-order valence-electron chi connectivity index (χ1n) is 7.30. The number of aromatic amines is 1. The van der Waals surface area contributed by atoms with E-state index in [2.05, 4.69) is 9.97 Å². The molecule has 1 heterocycles. The van der Waals surface area contributed by atoms with Gasteiger partial charge in [0.2, 0.25) is 0 Å². The number of imidazole rings is 1. The number of rotatable bonds is 5. The first kappa shape index (κ1) is 20.9. The van der Waals surface area contributed by atoms with Crippen molar-refractivity contribution in [2.45, 2.75) is 66.9 Å². The third kappa shape index (κ3) is 5.74. The van der Waals surface area contributed by atoms with Crippen molar-refractivity contribution >= 4 is 5.97 Å². The number of ether oxygens (including phenoxy) is 1. The van der Waals surface area contributed by atoms with E-state index >= 15 is 0 Å². The molecule has 118 valence electrons. The Morgan fingerprint density at radius 3 is 2.15 bits per heavy atom. The third-order valence-corrected chi connectivity index (χ3v) is 2.55. The smallest absolute Gasteiger partial charge is 0.356 e. The van der Waals surface area contributed by atoms with Crippen molar-refractivity contribution in [1.29, 1.82) is 0 Å². The number of aromatic carboxylic acids is 1. The van der Waals surface area contributed by atoms with Crippen LogP contribution in [0, 0.1) is 0 Å². The lowest BCUT2D eigenvalue weighted by atomic mass is 10.0. The van der Waals surface area contributed by atoms with Gasteiger partial charge in [0.25, 0.3) is 0 Å². The second-order valence-corrected chi connectivity index (χ2v) is 4.18. The average Bonchev–Trinajstić information content (AvgIpc) is 2.89. The van der Waals surface area contributed by atoms with Gasteiger partial charge in [-0.3, -0.25) is 0 Å². The van der Waals surface area contributed by atoms with Crippen molar-refractivity contribution < 1.29 is 14.6 Å². The Morgan fingerprint density at radius 2 is 1.80 bits per heavy atom. The fourth-order valence-electron chi connectivity index (χ4n) is 1.47. The molecule has 0 saturated heterocycles. The number of methoxy groups -OCH3 is 1. The second kappa shape index (κ2) is 10.4. The lowest BCUT2D eigenvalue weighted by Crippen LogP contribution is -2.23. The van der Waals surface area contributed by atoms with Crippen LogP contribution in [0.1, 0.15) is 76.9 Å². The molecule has 0 bridgehead atoms. The summed E-state index contributed by atoms with van der Waals surface area (Å²) in [7, 11) is 1.55. The SMILES string of the molecule is CC.CC.CCCc1nc(C(=O)O)c(C(C)(C)OC)[nH]1. The van der Waals surface area contributed by atoms with E-state index in [4.69, 9.17) is 9.84 Å². The van der Waals surface area contributed by atoms with Crippen molar-refractivity contribution in [1.82, 2.24) is 9.97 Å². The highest BCUT2D eigenvalue weighted by Crippen LogP contribution is 2.25. The minimum Gasteiger partial charge on any atom is -0.476 e. The van der Waals surface area contributed by atoms with Crippen LogP contribution in [0.3, 0.4) is 0 Å². The molecular formula is C15H30N2O3. The van der Waals surface area contributed by atoms with Crippen molar-refractivity contribution in [2.75, 3.05) is 7.11 Å². The van der Waals surface area contributed by atoms with Crippen molar-refractivity contribution in [3.63, 3.8) is 0 Å². The van der Waals surface area contributed by atoms with Gasteiger partial charge in [-0.1, -0.05) is 34.6 Å². The number of nitrogens with one attached hydrogen (secondary N) is 1. The zero-order valence-electron chi connectivity index (χ0n) is 14.1. The predicted molar refractivity (Wildman–Crippen MR) is 82.3 cm³/mol. The van der Waals surface area contributed by atoms with Crippen LogP contribution >= 0.6 is 0 Å². The molecule has 0 spiro atoms. The van der Waals surface area contributed by atoms with Gasteiger partial charge in [0.05, 0.1) is 5.69 Å².